The third kappa shape index (κ3) is 5.09. The smallest absolute Gasteiger partial charge is 0.355 e. The fourth-order valence-corrected chi connectivity index (χ4v) is 3.45. The van der Waals surface area contributed by atoms with Gasteiger partial charge in [0, 0.05) is 23.9 Å². The summed E-state index contributed by atoms with van der Waals surface area (Å²) in [5.74, 6) is -0.200. The van der Waals surface area contributed by atoms with Crippen LogP contribution in [-0.2, 0) is 0 Å². The standard InChI is InChI=1S/C20H18ClN3O3S/c1-2-10-22-20(26)24-13-6-5-7-14(11-13)27-19(25)17-12-23-18(28-17)15-8-3-4-9-16(15)21/h3-9,11-12H,2,10H2,1H3,(H2,22,24,26). The van der Waals surface area contributed by atoms with Crippen LogP contribution in [-0.4, -0.2) is 23.5 Å². The zero-order valence-electron chi connectivity index (χ0n) is 15.1. The van der Waals surface area contributed by atoms with E-state index >= 15 is 0 Å². The number of carbonyl (C=O) groups is 2. The Morgan fingerprint density at radius 1 is 1.18 bits per heavy atom. The lowest BCUT2D eigenvalue weighted by Gasteiger charge is -2.08. The number of urea groups is 1. The lowest BCUT2D eigenvalue weighted by molar-refractivity contribution is 0.0739. The molecule has 0 atom stereocenters. The van der Waals surface area contributed by atoms with Crippen molar-refractivity contribution in [3.05, 3.63) is 64.6 Å². The molecule has 0 radical (unpaired) electrons. The number of anilines is 1. The van der Waals surface area contributed by atoms with Gasteiger partial charge in [-0.25, -0.2) is 14.6 Å². The van der Waals surface area contributed by atoms with E-state index in [1.165, 1.54) is 17.5 Å². The van der Waals surface area contributed by atoms with Gasteiger partial charge >= 0.3 is 12.0 Å². The van der Waals surface area contributed by atoms with Crippen molar-refractivity contribution in [2.75, 3.05) is 11.9 Å². The maximum absolute atomic E-state index is 12.4. The second kappa shape index (κ2) is 9.34. The van der Waals surface area contributed by atoms with Crippen molar-refractivity contribution in [1.29, 1.82) is 0 Å². The molecule has 0 fully saturated rings. The monoisotopic (exact) mass is 415 g/mol. The Bertz CT molecular complexity index is 990. The van der Waals surface area contributed by atoms with Crippen LogP contribution < -0.4 is 15.4 Å². The van der Waals surface area contributed by atoms with E-state index in [0.29, 0.717) is 32.9 Å². The SMILES string of the molecule is CCCNC(=O)Nc1cccc(OC(=O)c2cnc(-c3ccccc3Cl)s2)c1. The molecule has 2 aromatic carbocycles. The number of nitrogens with zero attached hydrogens (tertiary/aromatic N) is 1. The molecular formula is C20H18ClN3O3S. The Morgan fingerprint density at radius 3 is 2.79 bits per heavy atom. The fraction of sp³-hybridized carbons (Fsp3) is 0.150. The summed E-state index contributed by atoms with van der Waals surface area (Å²) in [7, 11) is 0. The molecule has 1 heterocycles. The first-order valence-corrected chi connectivity index (χ1v) is 9.84. The zero-order chi connectivity index (χ0) is 19.9. The summed E-state index contributed by atoms with van der Waals surface area (Å²) >= 11 is 7.38. The van der Waals surface area contributed by atoms with E-state index < -0.39 is 5.97 Å². The van der Waals surface area contributed by atoms with Gasteiger partial charge in [0.15, 0.2) is 0 Å². The molecule has 0 spiro atoms. The first-order chi connectivity index (χ1) is 13.6. The number of benzene rings is 2. The summed E-state index contributed by atoms with van der Waals surface area (Å²) in [6, 6.07) is 13.6. The largest absolute Gasteiger partial charge is 0.422 e. The summed E-state index contributed by atoms with van der Waals surface area (Å²) < 4.78 is 5.41. The molecule has 2 N–H and O–H groups in total. The number of hydrogen-bond acceptors (Lipinski definition) is 5. The summed E-state index contributed by atoms with van der Waals surface area (Å²) in [5.41, 5.74) is 1.29. The van der Waals surface area contributed by atoms with Crippen LogP contribution in [0.5, 0.6) is 5.75 Å². The Balaban J connectivity index is 1.68. The topological polar surface area (TPSA) is 80.3 Å². The highest BCUT2D eigenvalue weighted by Gasteiger charge is 2.15. The molecule has 3 aromatic rings. The van der Waals surface area contributed by atoms with Crippen molar-refractivity contribution in [2.24, 2.45) is 0 Å². The van der Waals surface area contributed by atoms with Gasteiger partial charge in [-0.2, -0.15) is 0 Å². The second-order valence-electron chi connectivity index (χ2n) is 5.81. The van der Waals surface area contributed by atoms with E-state index in [-0.39, 0.29) is 6.03 Å². The number of amides is 2. The lowest BCUT2D eigenvalue weighted by Crippen LogP contribution is -2.29. The summed E-state index contributed by atoms with van der Waals surface area (Å²) in [6.07, 6.45) is 2.31. The van der Waals surface area contributed by atoms with Crippen LogP contribution in [0.3, 0.4) is 0 Å². The number of aromatic nitrogens is 1. The highest BCUT2D eigenvalue weighted by Crippen LogP contribution is 2.31. The molecule has 0 aliphatic heterocycles. The van der Waals surface area contributed by atoms with E-state index in [9.17, 15) is 9.59 Å². The number of carbonyl (C=O) groups excluding carboxylic acids is 2. The van der Waals surface area contributed by atoms with E-state index in [4.69, 9.17) is 16.3 Å². The van der Waals surface area contributed by atoms with Gasteiger partial charge in [-0.15, -0.1) is 11.3 Å². The number of thiazole rings is 1. The maximum atomic E-state index is 12.4. The van der Waals surface area contributed by atoms with Crippen LogP contribution in [0.1, 0.15) is 23.0 Å². The zero-order valence-corrected chi connectivity index (χ0v) is 16.6. The molecule has 0 unspecified atom stereocenters. The van der Waals surface area contributed by atoms with Gasteiger partial charge < -0.3 is 15.4 Å². The van der Waals surface area contributed by atoms with Gasteiger partial charge in [0.25, 0.3) is 0 Å². The van der Waals surface area contributed by atoms with Gasteiger partial charge in [-0.05, 0) is 24.6 Å². The van der Waals surface area contributed by atoms with Crippen LogP contribution in [0.15, 0.2) is 54.7 Å². The molecule has 144 valence electrons. The predicted octanol–water partition coefficient (Wildman–Crippen LogP) is 5.21. The number of hydrogen-bond donors (Lipinski definition) is 2. The van der Waals surface area contributed by atoms with E-state index in [0.717, 1.165) is 12.0 Å². The van der Waals surface area contributed by atoms with Crippen molar-refractivity contribution >= 4 is 40.6 Å². The number of esters is 1. The van der Waals surface area contributed by atoms with E-state index in [1.807, 2.05) is 25.1 Å². The van der Waals surface area contributed by atoms with Gasteiger partial charge in [0.1, 0.15) is 15.6 Å². The van der Waals surface area contributed by atoms with Crippen molar-refractivity contribution in [2.45, 2.75) is 13.3 Å². The fourth-order valence-electron chi connectivity index (χ4n) is 2.34. The van der Waals surface area contributed by atoms with Gasteiger partial charge in [-0.1, -0.05) is 42.8 Å². The van der Waals surface area contributed by atoms with Crippen LogP contribution in [0.4, 0.5) is 10.5 Å². The molecule has 0 aliphatic carbocycles. The Morgan fingerprint density at radius 2 is 2.00 bits per heavy atom. The summed E-state index contributed by atoms with van der Waals surface area (Å²) in [5, 5.41) is 6.62. The van der Waals surface area contributed by atoms with Gasteiger partial charge in [-0.3, -0.25) is 0 Å². The molecule has 3 rings (SSSR count). The average Bonchev–Trinajstić information content (AvgIpc) is 3.17. The third-order valence-corrected chi connectivity index (χ3v) is 4.99. The highest BCUT2D eigenvalue weighted by atomic mass is 35.5. The van der Waals surface area contributed by atoms with Crippen molar-refractivity contribution in [3.8, 4) is 16.3 Å². The second-order valence-corrected chi connectivity index (χ2v) is 7.25. The molecule has 1 aromatic heterocycles. The number of rotatable bonds is 6. The molecule has 8 heteroatoms. The molecule has 0 saturated carbocycles. The molecule has 28 heavy (non-hydrogen) atoms. The third-order valence-electron chi connectivity index (χ3n) is 3.65. The molecule has 0 saturated heterocycles. The number of nitrogens with one attached hydrogen (secondary N) is 2. The molecule has 2 amide bonds. The Labute approximate surface area is 171 Å². The van der Waals surface area contributed by atoms with Crippen LogP contribution in [0.2, 0.25) is 5.02 Å². The first kappa shape index (κ1) is 19.9. The first-order valence-electron chi connectivity index (χ1n) is 8.64. The van der Waals surface area contributed by atoms with Crippen LogP contribution >= 0.6 is 22.9 Å². The minimum atomic E-state index is -0.525. The van der Waals surface area contributed by atoms with E-state index in [2.05, 4.69) is 15.6 Å². The predicted molar refractivity (Wildman–Crippen MR) is 111 cm³/mol. The summed E-state index contributed by atoms with van der Waals surface area (Å²) in [4.78, 5) is 28.8. The minimum absolute atomic E-state index is 0.308. The van der Waals surface area contributed by atoms with Crippen molar-refractivity contribution in [1.82, 2.24) is 10.3 Å². The molecular weight excluding hydrogens is 398 g/mol. The lowest BCUT2D eigenvalue weighted by atomic mass is 10.2. The highest BCUT2D eigenvalue weighted by molar-refractivity contribution is 7.16. The van der Waals surface area contributed by atoms with E-state index in [1.54, 1.807) is 30.3 Å². The van der Waals surface area contributed by atoms with Gasteiger partial charge in [0.2, 0.25) is 0 Å². The minimum Gasteiger partial charge on any atom is -0.422 e. The summed E-state index contributed by atoms with van der Waals surface area (Å²) in [6.45, 7) is 2.55. The average molecular weight is 416 g/mol. The maximum Gasteiger partial charge on any atom is 0.355 e. The number of halogens is 1. The Kier molecular flexibility index (Phi) is 6.62. The Hall–Kier alpha value is -2.90. The number of ether oxygens (including phenoxy) is 1. The molecule has 6 nitrogen and oxygen atoms in total. The quantitative estimate of drug-likeness (QED) is 0.427. The molecule has 0 bridgehead atoms. The normalized spacial score (nSPS) is 10.4. The van der Waals surface area contributed by atoms with Crippen LogP contribution in [0.25, 0.3) is 10.6 Å². The van der Waals surface area contributed by atoms with Crippen LogP contribution in [0, 0.1) is 0 Å². The molecule has 0 aliphatic rings. The van der Waals surface area contributed by atoms with Gasteiger partial charge in [0.05, 0.1) is 11.2 Å². The van der Waals surface area contributed by atoms with Crippen molar-refractivity contribution in [3.63, 3.8) is 0 Å². The van der Waals surface area contributed by atoms with Crippen molar-refractivity contribution < 1.29 is 14.3 Å².